The molecule has 6 heteroatoms. The van der Waals surface area contributed by atoms with Crippen LogP contribution in [0.5, 0.6) is 11.5 Å². The summed E-state index contributed by atoms with van der Waals surface area (Å²) in [6.07, 6.45) is -6.11. The standard InChI is InChI=1S/C15H13F3O3/c1-20-12-8-4-2-6-10(12)14(19)11-7-3-5-9-13(11)21-15(16,17)18/h2-9,14,19H,1H3. The van der Waals surface area contributed by atoms with Gasteiger partial charge in [0.1, 0.15) is 17.6 Å². The first-order chi connectivity index (χ1) is 9.92. The Balaban J connectivity index is 2.42. The SMILES string of the molecule is COc1ccccc1C(O)c1ccccc1OC(F)(F)F. The van der Waals surface area contributed by atoms with Crippen molar-refractivity contribution in [2.75, 3.05) is 7.11 Å². The zero-order chi connectivity index (χ0) is 15.5. The molecule has 0 bridgehead atoms. The normalized spacial score (nSPS) is 12.8. The minimum atomic E-state index is -4.82. The molecule has 3 nitrogen and oxygen atoms in total. The molecule has 2 aromatic rings. The summed E-state index contributed by atoms with van der Waals surface area (Å²) in [7, 11) is 1.42. The molecule has 0 saturated carbocycles. The van der Waals surface area contributed by atoms with E-state index in [2.05, 4.69) is 4.74 Å². The van der Waals surface area contributed by atoms with Crippen LogP contribution >= 0.6 is 0 Å². The first-order valence-electron chi connectivity index (χ1n) is 6.08. The summed E-state index contributed by atoms with van der Waals surface area (Å²) < 4.78 is 46.3. The van der Waals surface area contributed by atoms with Crippen LogP contribution in [-0.2, 0) is 0 Å². The van der Waals surface area contributed by atoms with Crippen LogP contribution in [0.25, 0.3) is 0 Å². The second-order valence-corrected chi connectivity index (χ2v) is 4.23. The van der Waals surface area contributed by atoms with Crippen molar-refractivity contribution in [3.63, 3.8) is 0 Å². The summed E-state index contributed by atoms with van der Waals surface area (Å²) in [5, 5.41) is 10.4. The molecule has 0 amide bonds. The molecule has 0 spiro atoms. The highest BCUT2D eigenvalue weighted by molar-refractivity contribution is 5.45. The molecule has 2 rings (SSSR count). The molecule has 0 fully saturated rings. The first-order valence-corrected chi connectivity index (χ1v) is 6.08. The van der Waals surface area contributed by atoms with Crippen molar-refractivity contribution in [1.82, 2.24) is 0 Å². The fourth-order valence-electron chi connectivity index (χ4n) is 1.98. The third kappa shape index (κ3) is 3.66. The zero-order valence-electron chi connectivity index (χ0n) is 11.1. The van der Waals surface area contributed by atoms with Crippen molar-refractivity contribution >= 4 is 0 Å². The van der Waals surface area contributed by atoms with E-state index in [1.807, 2.05) is 0 Å². The molecular weight excluding hydrogens is 285 g/mol. The molecule has 0 saturated heterocycles. The molecule has 0 aliphatic carbocycles. The van der Waals surface area contributed by atoms with Gasteiger partial charge in [-0.15, -0.1) is 13.2 Å². The molecule has 1 unspecified atom stereocenters. The Bertz CT molecular complexity index is 611. The van der Waals surface area contributed by atoms with Gasteiger partial charge in [-0.3, -0.25) is 0 Å². The van der Waals surface area contributed by atoms with Crippen LogP contribution < -0.4 is 9.47 Å². The Morgan fingerprint density at radius 1 is 0.905 bits per heavy atom. The highest BCUT2D eigenvalue weighted by Gasteiger charge is 2.33. The number of hydrogen-bond donors (Lipinski definition) is 1. The monoisotopic (exact) mass is 298 g/mol. The maximum Gasteiger partial charge on any atom is 0.573 e. The number of hydrogen-bond acceptors (Lipinski definition) is 3. The fraction of sp³-hybridized carbons (Fsp3) is 0.200. The van der Waals surface area contributed by atoms with E-state index in [9.17, 15) is 18.3 Å². The van der Waals surface area contributed by atoms with Crippen molar-refractivity contribution in [3.8, 4) is 11.5 Å². The molecule has 0 aliphatic rings. The maximum atomic E-state index is 12.4. The van der Waals surface area contributed by atoms with E-state index in [1.54, 1.807) is 24.3 Å². The summed E-state index contributed by atoms with van der Waals surface area (Å²) in [4.78, 5) is 0. The van der Waals surface area contributed by atoms with Crippen LogP contribution in [0.3, 0.4) is 0 Å². The number of halogens is 3. The van der Waals surface area contributed by atoms with E-state index >= 15 is 0 Å². The van der Waals surface area contributed by atoms with Gasteiger partial charge in [-0.05, 0) is 12.1 Å². The van der Waals surface area contributed by atoms with E-state index in [0.29, 0.717) is 11.3 Å². The lowest BCUT2D eigenvalue weighted by atomic mass is 10.00. The van der Waals surface area contributed by atoms with E-state index in [1.165, 1.54) is 25.3 Å². The average molecular weight is 298 g/mol. The van der Waals surface area contributed by atoms with Gasteiger partial charge in [0.05, 0.1) is 7.11 Å². The molecule has 0 aromatic heterocycles. The largest absolute Gasteiger partial charge is 0.573 e. The maximum absolute atomic E-state index is 12.4. The van der Waals surface area contributed by atoms with Gasteiger partial charge >= 0.3 is 6.36 Å². The van der Waals surface area contributed by atoms with E-state index < -0.39 is 18.2 Å². The number of aliphatic hydroxyl groups is 1. The van der Waals surface area contributed by atoms with Gasteiger partial charge < -0.3 is 14.6 Å². The minimum absolute atomic E-state index is 0.0133. The lowest BCUT2D eigenvalue weighted by Gasteiger charge is -2.19. The molecular formula is C15H13F3O3. The second-order valence-electron chi connectivity index (χ2n) is 4.23. The summed E-state index contributed by atoms with van der Waals surface area (Å²) in [5.41, 5.74) is 0.373. The topological polar surface area (TPSA) is 38.7 Å². The lowest BCUT2D eigenvalue weighted by molar-refractivity contribution is -0.275. The number of aliphatic hydroxyl groups excluding tert-OH is 1. The van der Waals surface area contributed by atoms with Crippen LogP contribution in [0.15, 0.2) is 48.5 Å². The van der Waals surface area contributed by atoms with Crippen molar-refractivity contribution in [3.05, 3.63) is 59.7 Å². The van der Waals surface area contributed by atoms with E-state index in [-0.39, 0.29) is 5.56 Å². The van der Waals surface area contributed by atoms with Gasteiger partial charge in [-0.25, -0.2) is 0 Å². The predicted molar refractivity (Wildman–Crippen MR) is 70.2 cm³/mol. The van der Waals surface area contributed by atoms with Crippen molar-refractivity contribution in [2.24, 2.45) is 0 Å². The molecule has 0 aliphatic heterocycles. The minimum Gasteiger partial charge on any atom is -0.496 e. The molecule has 1 N–H and O–H groups in total. The summed E-state index contributed by atoms with van der Waals surface area (Å²) >= 11 is 0. The lowest BCUT2D eigenvalue weighted by Crippen LogP contribution is -2.19. The number of methoxy groups -OCH3 is 1. The second kappa shape index (κ2) is 6.05. The highest BCUT2D eigenvalue weighted by atomic mass is 19.4. The van der Waals surface area contributed by atoms with Crippen LogP contribution in [0.1, 0.15) is 17.2 Å². The Morgan fingerprint density at radius 2 is 1.38 bits per heavy atom. The number of ether oxygens (including phenoxy) is 2. The van der Waals surface area contributed by atoms with Crippen LogP contribution in [0, 0.1) is 0 Å². The summed E-state index contributed by atoms with van der Waals surface area (Å²) in [6.45, 7) is 0. The molecule has 1 atom stereocenters. The van der Waals surface area contributed by atoms with Crippen LogP contribution in [0.4, 0.5) is 13.2 Å². The van der Waals surface area contributed by atoms with Gasteiger partial charge in [0.15, 0.2) is 0 Å². The van der Waals surface area contributed by atoms with Gasteiger partial charge in [0.2, 0.25) is 0 Å². The van der Waals surface area contributed by atoms with Gasteiger partial charge in [0, 0.05) is 11.1 Å². The van der Waals surface area contributed by atoms with Crippen LogP contribution in [0.2, 0.25) is 0 Å². The summed E-state index contributed by atoms with van der Waals surface area (Å²) in [5.74, 6) is -0.0600. The Hall–Kier alpha value is -2.21. The molecule has 0 heterocycles. The molecule has 0 radical (unpaired) electrons. The predicted octanol–water partition coefficient (Wildman–Crippen LogP) is 3.68. The van der Waals surface area contributed by atoms with E-state index in [0.717, 1.165) is 6.07 Å². The zero-order valence-corrected chi connectivity index (χ0v) is 11.1. The number of rotatable bonds is 4. The molecule has 2 aromatic carbocycles. The molecule has 112 valence electrons. The fourth-order valence-corrected chi connectivity index (χ4v) is 1.98. The first kappa shape index (κ1) is 15.2. The van der Waals surface area contributed by atoms with Crippen molar-refractivity contribution in [2.45, 2.75) is 12.5 Å². The average Bonchev–Trinajstić information content (AvgIpc) is 2.45. The third-order valence-electron chi connectivity index (χ3n) is 2.87. The summed E-state index contributed by atoms with van der Waals surface area (Å²) in [6, 6.07) is 12.0. The van der Waals surface area contributed by atoms with E-state index in [4.69, 9.17) is 4.74 Å². The Labute approximate surface area is 119 Å². The van der Waals surface area contributed by atoms with Crippen LogP contribution in [-0.4, -0.2) is 18.6 Å². The van der Waals surface area contributed by atoms with Crippen molar-refractivity contribution in [1.29, 1.82) is 0 Å². The quantitative estimate of drug-likeness (QED) is 0.936. The van der Waals surface area contributed by atoms with Gasteiger partial charge in [-0.2, -0.15) is 0 Å². The Morgan fingerprint density at radius 3 is 1.90 bits per heavy atom. The highest BCUT2D eigenvalue weighted by Crippen LogP contribution is 2.36. The molecule has 21 heavy (non-hydrogen) atoms. The number of alkyl halides is 3. The number of para-hydroxylation sites is 2. The van der Waals surface area contributed by atoms with Crippen molar-refractivity contribution < 1.29 is 27.8 Å². The van der Waals surface area contributed by atoms with Gasteiger partial charge in [0.25, 0.3) is 0 Å². The Kier molecular flexibility index (Phi) is 4.37. The smallest absolute Gasteiger partial charge is 0.496 e. The van der Waals surface area contributed by atoms with Gasteiger partial charge in [-0.1, -0.05) is 36.4 Å². The third-order valence-corrected chi connectivity index (χ3v) is 2.87. The number of benzene rings is 2.